The first kappa shape index (κ1) is 15.5. The molecule has 0 N–H and O–H groups in total. The minimum absolute atomic E-state index is 0.0241. The number of amides is 2. The summed E-state index contributed by atoms with van der Waals surface area (Å²) in [6.45, 7) is 5.95. The highest BCUT2D eigenvalue weighted by Crippen LogP contribution is 2.28. The Bertz CT molecular complexity index is 492. The molecule has 1 aromatic heterocycles. The van der Waals surface area contributed by atoms with Gasteiger partial charge in [0.1, 0.15) is 6.04 Å². The van der Waals surface area contributed by atoms with Gasteiger partial charge >= 0.3 is 0 Å². The fourth-order valence-electron chi connectivity index (χ4n) is 2.57. The molecule has 0 spiro atoms. The van der Waals surface area contributed by atoms with E-state index >= 15 is 0 Å². The summed E-state index contributed by atoms with van der Waals surface area (Å²) >= 11 is 0. The molecule has 2 amide bonds. The summed E-state index contributed by atoms with van der Waals surface area (Å²) in [4.78, 5) is 28.1. The Morgan fingerprint density at radius 2 is 2.00 bits per heavy atom. The van der Waals surface area contributed by atoms with Crippen LogP contribution in [-0.4, -0.2) is 57.1 Å². The lowest BCUT2D eigenvalue weighted by atomic mass is 10.2. The number of nitrogens with zero attached hydrogens (tertiary/aromatic N) is 4. The molecule has 1 aromatic rings. The number of aromatic nitrogens is 2. The van der Waals surface area contributed by atoms with Gasteiger partial charge in [-0.25, -0.2) is 0 Å². The van der Waals surface area contributed by atoms with Crippen molar-refractivity contribution in [1.82, 2.24) is 19.6 Å². The van der Waals surface area contributed by atoms with E-state index in [1.807, 2.05) is 18.7 Å². The summed E-state index contributed by atoms with van der Waals surface area (Å²) in [5.41, 5.74) is 0. The molecule has 21 heavy (non-hydrogen) atoms. The zero-order chi connectivity index (χ0) is 15.6. The SMILES string of the molecule is CC(C)N(C(=O)CN(C)C(=O)[C@@H](C)n1cccn1)C1CC1. The van der Waals surface area contributed by atoms with E-state index in [1.165, 1.54) is 4.90 Å². The van der Waals surface area contributed by atoms with E-state index in [4.69, 9.17) is 0 Å². The summed E-state index contributed by atoms with van der Waals surface area (Å²) in [5, 5.41) is 4.07. The number of carbonyl (C=O) groups is 2. The van der Waals surface area contributed by atoms with Crippen LogP contribution in [0, 0.1) is 0 Å². The quantitative estimate of drug-likeness (QED) is 0.794. The second kappa shape index (κ2) is 6.28. The standard InChI is InChI=1S/C15H24N4O2/c1-11(2)19(13-6-7-13)14(20)10-17(4)15(21)12(3)18-9-5-8-16-18/h5,8-9,11-13H,6-7,10H2,1-4H3/t12-/m1/s1. The summed E-state index contributed by atoms with van der Waals surface area (Å²) in [7, 11) is 1.67. The highest BCUT2D eigenvalue weighted by atomic mass is 16.2. The molecule has 6 nitrogen and oxygen atoms in total. The normalized spacial score (nSPS) is 15.9. The van der Waals surface area contributed by atoms with Crippen molar-refractivity contribution in [3.63, 3.8) is 0 Å². The number of rotatable bonds is 6. The Morgan fingerprint density at radius 1 is 1.33 bits per heavy atom. The molecular formula is C15H24N4O2. The topological polar surface area (TPSA) is 58.4 Å². The molecule has 1 atom stereocenters. The molecule has 1 heterocycles. The fourth-order valence-corrected chi connectivity index (χ4v) is 2.57. The zero-order valence-electron chi connectivity index (χ0n) is 13.2. The Labute approximate surface area is 125 Å². The minimum Gasteiger partial charge on any atom is -0.336 e. The number of likely N-dealkylation sites (N-methyl/N-ethyl adjacent to an activating group) is 1. The van der Waals surface area contributed by atoms with Gasteiger partial charge in [0.05, 0.1) is 6.54 Å². The van der Waals surface area contributed by atoms with Crippen LogP contribution in [0.15, 0.2) is 18.5 Å². The van der Waals surface area contributed by atoms with Crippen LogP contribution in [-0.2, 0) is 9.59 Å². The van der Waals surface area contributed by atoms with Crippen LogP contribution in [0.25, 0.3) is 0 Å². The molecule has 1 aliphatic carbocycles. The third kappa shape index (κ3) is 3.62. The van der Waals surface area contributed by atoms with E-state index in [0.717, 1.165) is 12.8 Å². The highest BCUT2D eigenvalue weighted by Gasteiger charge is 2.35. The summed E-state index contributed by atoms with van der Waals surface area (Å²) in [6.07, 6.45) is 5.54. The predicted octanol–water partition coefficient (Wildman–Crippen LogP) is 1.30. The molecular weight excluding hydrogens is 268 g/mol. The molecule has 0 radical (unpaired) electrons. The maximum Gasteiger partial charge on any atom is 0.247 e. The van der Waals surface area contributed by atoms with Crippen molar-refractivity contribution in [2.75, 3.05) is 13.6 Å². The second-order valence-electron chi connectivity index (χ2n) is 5.98. The van der Waals surface area contributed by atoms with Crippen LogP contribution in [0.2, 0.25) is 0 Å². The van der Waals surface area contributed by atoms with Crippen LogP contribution in [0.4, 0.5) is 0 Å². The average Bonchev–Trinajstić information content (AvgIpc) is 3.08. The Hall–Kier alpha value is -1.85. The van der Waals surface area contributed by atoms with Crippen molar-refractivity contribution < 1.29 is 9.59 Å². The zero-order valence-corrected chi connectivity index (χ0v) is 13.2. The molecule has 1 fully saturated rings. The number of hydrogen-bond acceptors (Lipinski definition) is 3. The molecule has 0 bridgehead atoms. The average molecular weight is 292 g/mol. The van der Waals surface area contributed by atoms with Gasteiger partial charge in [0.15, 0.2) is 0 Å². The van der Waals surface area contributed by atoms with Crippen molar-refractivity contribution >= 4 is 11.8 Å². The van der Waals surface area contributed by atoms with Gasteiger partial charge in [-0.2, -0.15) is 5.10 Å². The van der Waals surface area contributed by atoms with Gasteiger partial charge in [0.2, 0.25) is 11.8 Å². The molecule has 1 aliphatic rings. The number of hydrogen-bond donors (Lipinski definition) is 0. The summed E-state index contributed by atoms with van der Waals surface area (Å²) in [6, 6.07) is 1.93. The lowest BCUT2D eigenvalue weighted by Gasteiger charge is -2.29. The van der Waals surface area contributed by atoms with E-state index < -0.39 is 6.04 Å². The third-order valence-corrected chi connectivity index (χ3v) is 3.81. The maximum atomic E-state index is 12.4. The summed E-state index contributed by atoms with van der Waals surface area (Å²) < 4.78 is 1.60. The Balaban J connectivity index is 1.95. The second-order valence-corrected chi connectivity index (χ2v) is 5.98. The molecule has 116 valence electrons. The molecule has 0 aromatic carbocycles. The van der Waals surface area contributed by atoms with Crippen LogP contribution in [0.3, 0.4) is 0 Å². The van der Waals surface area contributed by atoms with Gasteiger partial charge in [0, 0.05) is 31.5 Å². The monoisotopic (exact) mass is 292 g/mol. The molecule has 0 aliphatic heterocycles. The smallest absolute Gasteiger partial charge is 0.247 e. The first-order valence-electron chi connectivity index (χ1n) is 7.47. The van der Waals surface area contributed by atoms with Gasteiger partial charge in [-0.3, -0.25) is 14.3 Å². The van der Waals surface area contributed by atoms with Crippen LogP contribution < -0.4 is 0 Å². The van der Waals surface area contributed by atoms with Crippen LogP contribution in [0.5, 0.6) is 0 Å². The molecule has 0 saturated heterocycles. The predicted molar refractivity (Wildman–Crippen MR) is 79.6 cm³/mol. The van der Waals surface area contributed by atoms with Crippen molar-refractivity contribution in [2.24, 2.45) is 0 Å². The molecule has 1 saturated carbocycles. The molecule has 2 rings (SSSR count). The maximum absolute atomic E-state index is 12.4. The molecule has 0 unspecified atom stereocenters. The minimum atomic E-state index is -0.397. The van der Waals surface area contributed by atoms with Gasteiger partial charge in [-0.15, -0.1) is 0 Å². The van der Waals surface area contributed by atoms with Gasteiger partial charge in [0.25, 0.3) is 0 Å². The van der Waals surface area contributed by atoms with E-state index in [2.05, 4.69) is 5.10 Å². The van der Waals surface area contributed by atoms with Gasteiger partial charge in [-0.05, 0) is 39.7 Å². The fraction of sp³-hybridized carbons (Fsp3) is 0.667. The largest absolute Gasteiger partial charge is 0.336 e. The van der Waals surface area contributed by atoms with E-state index in [-0.39, 0.29) is 24.4 Å². The van der Waals surface area contributed by atoms with Gasteiger partial charge in [-0.1, -0.05) is 0 Å². The van der Waals surface area contributed by atoms with E-state index in [0.29, 0.717) is 6.04 Å². The Kier molecular flexibility index (Phi) is 4.65. The van der Waals surface area contributed by atoms with Crippen LogP contribution >= 0.6 is 0 Å². The third-order valence-electron chi connectivity index (χ3n) is 3.81. The Morgan fingerprint density at radius 3 is 2.48 bits per heavy atom. The number of carbonyl (C=O) groups excluding carboxylic acids is 2. The first-order valence-corrected chi connectivity index (χ1v) is 7.47. The van der Waals surface area contributed by atoms with Gasteiger partial charge < -0.3 is 9.80 Å². The van der Waals surface area contributed by atoms with Crippen molar-refractivity contribution in [2.45, 2.75) is 51.7 Å². The highest BCUT2D eigenvalue weighted by molar-refractivity contribution is 5.86. The van der Waals surface area contributed by atoms with E-state index in [9.17, 15) is 9.59 Å². The lowest BCUT2D eigenvalue weighted by Crippen LogP contribution is -2.46. The van der Waals surface area contributed by atoms with Crippen molar-refractivity contribution in [3.8, 4) is 0 Å². The summed E-state index contributed by atoms with van der Waals surface area (Å²) in [5.74, 6) is -0.0810. The van der Waals surface area contributed by atoms with Crippen molar-refractivity contribution in [3.05, 3.63) is 18.5 Å². The molecule has 6 heteroatoms. The van der Waals surface area contributed by atoms with Crippen LogP contribution in [0.1, 0.15) is 39.7 Å². The van der Waals surface area contributed by atoms with Crippen molar-refractivity contribution in [1.29, 1.82) is 0 Å². The van der Waals surface area contributed by atoms with E-state index in [1.54, 1.807) is 37.1 Å². The lowest BCUT2D eigenvalue weighted by molar-refractivity contribution is -0.142. The first-order chi connectivity index (χ1) is 9.91.